The molecule has 0 unspecified atom stereocenters. The number of nitrogen functional groups attached to an aromatic ring is 1. The van der Waals surface area contributed by atoms with E-state index in [0.717, 1.165) is 10.6 Å². The van der Waals surface area contributed by atoms with Gasteiger partial charge < -0.3 is 14.9 Å². The normalized spacial score (nSPS) is 10.6. The Bertz CT molecular complexity index is 794. The number of esters is 1. The maximum Gasteiger partial charge on any atom is 0.340 e. The van der Waals surface area contributed by atoms with Gasteiger partial charge in [0.05, 0.1) is 17.5 Å². The quantitative estimate of drug-likeness (QED) is 0.587. The van der Waals surface area contributed by atoms with E-state index in [1.54, 1.807) is 24.5 Å². The third kappa shape index (κ3) is 2.87. The first-order valence-corrected chi connectivity index (χ1v) is 7.53. The molecule has 0 amide bonds. The number of aryl methyl sites for hydroxylation is 1. The molecule has 2 N–H and O–H groups in total. The molecule has 112 valence electrons. The fourth-order valence-corrected chi connectivity index (χ4v) is 2.73. The Morgan fingerprint density at radius 3 is 3.00 bits per heavy atom. The van der Waals surface area contributed by atoms with E-state index in [1.807, 2.05) is 24.4 Å². The van der Waals surface area contributed by atoms with Crippen LogP contribution in [0.3, 0.4) is 0 Å². The van der Waals surface area contributed by atoms with Gasteiger partial charge in [-0.25, -0.2) is 9.78 Å². The smallest absolute Gasteiger partial charge is 0.340 e. The minimum atomic E-state index is -0.450. The summed E-state index contributed by atoms with van der Waals surface area (Å²) < 4.78 is 10.6. The summed E-state index contributed by atoms with van der Waals surface area (Å²) in [5.41, 5.74) is 8.24. The number of para-hydroxylation sites is 1. The van der Waals surface area contributed by atoms with Crippen LogP contribution in [0.5, 0.6) is 0 Å². The Hall–Kier alpha value is -2.60. The standard InChI is InChI=1S/C16H14N2O3S/c1-10-4-2-5-12(14(10)17)16(19)21-8-11-9-22-15(18-11)13-6-3-7-20-13/h2-7,9H,8,17H2,1H3. The Kier molecular flexibility index (Phi) is 3.93. The highest BCUT2D eigenvalue weighted by atomic mass is 32.1. The van der Waals surface area contributed by atoms with Crippen LogP contribution >= 0.6 is 11.3 Å². The van der Waals surface area contributed by atoms with E-state index in [0.29, 0.717) is 22.7 Å². The van der Waals surface area contributed by atoms with Crippen molar-refractivity contribution < 1.29 is 13.9 Å². The largest absolute Gasteiger partial charge is 0.462 e. The van der Waals surface area contributed by atoms with E-state index in [2.05, 4.69) is 4.98 Å². The lowest BCUT2D eigenvalue weighted by Crippen LogP contribution is -2.09. The van der Waals surface area contributed by atoms with Crippen molar-refractivity contribution in [3.63, 3.8) is 0 Å². The topological polar surface area (TPSA) is 78.3 Å². The third-order valence-electron chi connectivity index (χ3n) is 3.18. The van der Waals surface area contributed by atoms with Gasteiger partial charge in [-0.1, -0.05) is 12.1 Å². The second-order valence-corrected chi connectivity index (χ2v) is 5.59. The molecule has 22 heavy (non-hydrogen) atoms. The van der Waals surface area contributed by atoms with Gasteiger partial charge in [-0.3, -0.25) is 0 Å². The molecule has 0 bridgehead atoms. The number of anilines is 1. The van der Waals surface area contributed by atoms with Gasteiger partial charge in [0.2, 0.25) is 0 Å². The molecular weight excluding hydrogens is 300 g/mol. The van der Waals surface area contributed by atoms with Crippen LogP contribution in [0.25, 0.3) is 10.8 Å². The number of furan rings is 1. The maximum absolute atomic E-state index is 12.1. The molecule has 2 aromatic heterocycles. The number of nitrogens with two attached hydrogens (primary N) is 1. The molecule has 0 aliphatic rings. The summed E-state index contributed by atoms with van der Waals surface area (Å²) in [5.74, 6) is 0.249. The van der Waals surface area contributed by atoms with Gasteiger partial charge in [-0.15, -0.1) is 11.3 Å². The number of carbonyl (C=O) groups is 1. The Balaban J connectivity index is 1.68. The van der Waals surface area contributed by atoms with Crippen LogP contribution in [0.15, 0.2) is 46.4 Å². The van der Waals surface area contributed by atoms with Crippen molar-refractivity contribution in [1.29, 1.82) is 0 Å². The van der Waals surface area contributed by atoms with Crippen molar-refractivity contribution in [2.24, 2.45) is 0 Å². The van der Waals surface area contributed by atoms with E-state index in [4.69, 9.17) is 14.9 Å². The van der Waals surface area contributed by atoms with Crippen LogP contribution in [0, 0.1) is 6.92 Å². The number of ether oxygens (including phenoxy) is 1. The lowest BCUT2D eigenvalue weighted by atomic mass is 10.1. The zero-order valence-electron chi connectivity index (χ0n) is 11.9. The number of nitrogens with zero attached hydrogens (tertiary/aromatic N) is 1. The van der Waals surface area contributed by atoms with E-state index >= 15 is 0 Å². The second-order valence-electron chi connectivity index (χ2n) is 4.73. The number of benzene rings is 1. The minimum absolute atomic E-state index is 0.101. The van der Waals surface area contributed by atoms with E-state index in [1.165, 1.54) is 11.3 Å². The van der Waals surface area contributed by atoms with E-state index in [-0.39, 0.29) is 6.61 Å². The molecule has 1 aromatic carbocycles. The van der Waals surface area contributed by atoms with Crippen LogP contribution in [-0.2, 0) is 11.3 Å². The lowest BCUT2D eigenvalue weighted by Gasteiger charge is -2.07. The predicted molar refractivity (Wildman–Crippen MR) is 84.5 cm³/mol. The molecule has 5 nitrogen and oxygen atoms in total. The van der Waals surface area contributed by atoms with Crippen molar-refractivity contribution in [3.05, 3.63) is 58.8 Å². The highest BCUT2D eigenvalue weighted by Crippen LogP contribution is 2.24. The summed E-state index contributed by atoms with van der Waals surface area (Å²) in [6.45, 7) is 1.95. The fourth-order valence-electron chi connectivity index (χ4n) is 1.96. The van der Waals surface area contributed by atoms with Gasteiger partial charge in [0.1, 0.15) is 6.61 Å². The molecule has 0 fully saturated rings. The number of rotatable bonds is 4. The van der Waals surface area contributed by atoms with E-state index < -0.39 is 5.97 Å². The zero-order chi connectivity index (χ0) is 15.5. The average Bonchev–Trinajstić information content (AvgIpc) is 3.18. The highest BCUT2D eigenvalue weighted by Gasteiger charge is 2.14. The summed E-state index contributed by atoms with van der Waals surface area (Å²) >= 11 is 1.44. The van der Waals surface area contributed by atoms with Crippen molar-refractivity contribution in [1.82, 2.24) is 4.98 Å². The average molecular weight is 314 g/mol. The molecular formula is C16H14N2O3S. The number of hydrogen-bond donors (Lipinski definition) is 1. The van der Waals surface area contributed by atoms with Crippen molar-refractivity contribution >= 4 is 23.0 Å². The third-order valence-corrected chi connectivity index (χ3v) is 4.08. The highest BCUT2D eigenvalue weighted by molar-refractivity contribution is 7.13. The number of aromatic nitrogens is 1. The first-order valence-electron chi connectivity index (χ1n) is 6.65. The monoisotopic (exact) mass is 314 g/mol. The van der Waals surface area contributed by atoms with Crippen LogP contribution in [-0.4, -0.2) is 11.0 Å². The molecule has 0 radical (unpaired) electrons. The van der Waals surface area contributed by atoms with Crippen LogP contribution in [0.4, 0.5) is 5.69 Å². The molecule has 6 heteroatoms. The first-order chi connectivity index (χ1) is 10.6. The summed E-state index contributed by atoms with van der Waals surface area (Å²) in [4.78, 5) is 16.5. The molecule has 0 aliphatic carbocycles. The van der Waals surface area contributed by atoms with Gasteiger partial charge in [0, 0.05) is 11.1 Å². The Morgan fingerprint density at radius 2 is 2.23 bits per heavy atom. The fraction of sp³-hybridized carbons (Fsp3) is 0.125. The van der Waals surface area contributed by atoms with Crippen LogP contribution in [0.1, 0.15) is 21.6 Å². The minimum Gasteiger partial charge on any atom is -0.462 e. The Labute approximate surface area is 131 Å². The summed E-state index contributed by atoms with van der Waals surface area (Å²) in [5, 5.41) is 2.59. The SMILES string of the molecule is Cc1cccc(C(=O)OCc2csc(-c3ccco3)n2)c1N. The Morgan fingerprint density at radius 1 is 1.36 bits per heavy atom. The molecule has 3 aromatic rings. The van der Waals surface area contributed by atoms with Crippen molar-refractivity contribution in [2.45, 2.75) is 13.5 Å². The predicted octanol–water partition coefficient (Wildman–Crippen LogP) is 3.65. The van der Waals surface area contributed by atoms with Crippen LogP contribution < -0.4 is 5.73 Å². The molecule has 0 saturated carbocycles. The maximum atomic E-state index is 12.1. The van der Waals surface area contributed by atoms with E-state index in [9.17, 15) is 4.79 Å². The first kappa shape index (κ1) is 14.3. The van der Waals surface area contributed by atoms with Gasteiger partial charge in [0.25, 0.3) is 0 Å². The molecule has 3 rings (SSSR count). The summed E-state index contributed by atoms with van der Waals surface area (Å²) in [7, 11) is 0. The molecule has 2 heterocycles. The lowest BCUT2D eigenvalue weighted by molar-refractivity contribution is 0.0469. The molecule has 0 atom stereocenters. The van der Waals surface area contributed by atoms with Gasteiger partial charge >= 0.3 is 5.97 Å². The number of thiazole rings is 1. The second kappa shape index (κ2) is 6.03. The van der Waals surface area contributed by atoms with Crippen LogP contribution in [0.2, 0.25) is 0 Å². The molecule has 0 saturated heterocycles. The van der Waals surface area contributed by atoms with Gasteiger partial charge in [0.15, 0.2) is 10.8 Å². The van der Waals surface area contributed by atoms with Crippen molar-refractivity contribution in [2.75, 3.05) is 5.73 Å². The number of carbonyl (C=O) groups excluding carboxylic acids is 1. The summed E-state index contributed by atoms with van der Waals surface area (Å²) in [6, 6.07) is 8.92. The van der Waals surface area contributed by atoms with Gasteiger partial charge in [-0.05, 0) is 30.7 Å². The molecule has 0 spiro atoms. The molecule has 0 aliphatic heterocycles. The zero-order valence-corrected chi connectivity index (χ0v) is 12.7. The van der Waals surface area contributed by atoms with Crippen molar-refractivity contribution in [3.8, 4) is 10.8 Å². The number of hydrogen-bond acceptors (Lipinski definition) is 6. The summed E-state index contributed by atoms with van der Waals surface area (Å²) in [6.07, 6.45) is 1.59. The van der Waals surface area contributed by atoms with Gasteiger partial charge in [-0.2, -0.15) is 0 Å².